The number of aromatic nitrogens is 1. The van der Waals surface area contributed by atoms with Gasteiger partial charge < -0.3 is 9.42 Å². The zero-order valence-corrected chi connectivity index (χ0v) is 14.4. The first-order valence-corrected chi connectivity index (χ1v) is 8.00. The smallest absolute Gasteiger partial charge is 0.240 e. The summed E-state index contributed by atoms with van der Waals surface area (Å²) in [6.07, 6.45) is 0.878. The van der Waals surface area contributed by atoms with Crippen molar-refractivity contribution in [2.24, 2.45) is 0 Å². The van der Waals surface area contributed by atoms with Gasteiger partial charge in [0.25, 0.3) is 0 Å². The van der Waals surface area contributed by atoms with Crippen LogP contribution in [0.25, 0.3) is 0 Å². The van der Waals surface area contributed by atoms with Crippen LogP contribution in [0, 0.1) is 0 Å². The van der Waals surface area contributed by atoms with Crippen molar-refractivity contribution in [2.45, 2.75) is 39.5 Å². The normalized spacial score (nSPS) is 17.0. The third-order valence-corrected chi connectivity index (χ3v) is 3.94. The molecule has 2 heterocycles. The molecule has 23 heavy (non-hydrogen) atoms. The van der Waals surface area contributed by atoms with Gasteiger partial charge in [0.15, 0.2) is 0 Å². The largest absolute Gasteiger partial charge is 0.342 e. The molecule has 2 rings (SSSR count). The molecule has 1 aliphatic heterocycles. The molecule has 0 saturated carbocycles. The number of amides is 2. The van der Waals surface area contributed by atoms with Crippen molar-refractivity contribution < 1.29 is 14.1 Å². The monoisotopic (exact) mass is 322 g/mol. The molecule has 1 saturated heterocycles. The Morgan fingerprint density at radius 1 is 1.26 bits per heavy atom. The third-order valence-electron chi connectivity index (χ3n) is 3.94. The molecule has 1 N–H and O–H groups in total. The molecule has 0 aliphatic carbocycles. The molecule has 7 nitrogen and oxygen atoms in total. The maximum Gasteiger partial charge on any atom is 0.240 e. The molecule has 1 aliphatic rings. The van der Waals surface area contributed by atoms with Crippen LogP contribution in [0.3, 0.4) is 0 Å². The Kier molecular flexibility index (Phi) is 5.41. The van der Waals surface area contributed by atoms with Gasteiger partial charge in [0.2, 0.25) is 17.7 Å². The van der Waals surface area contributed by atoms with Gasteiger partial charge >= 0.3 is 0 Å². The molecule has 0 aromatic carbocycles. The number of anilines is 1. The zero-order chi connectivity index (χ0) is 17.0. The second-order valence-corrected chi connectivity index (χ2v) is 7.01. The van der Waals surface area contributed by atoms with E-state index in [-0.39, 0.29) is 23.8 Å². The summed E-state index contributed by atoms with van der Waals surface area (Å²) < 4.78 is 5.17. The maximum atomic E-state index is 12.1. The quantitative estimate of drug-likeness (QED) is 0.911. The molecule has 0 unspecified atom stereocenters. The van der Waals surface area contributed by atoms with E-state index in [1.165, 1.54) is 0 Å². The second kappa shape index (κ2) is 7.12. The van der Waals surface area contributed by atoms with Gasteiger partial charge in [-0.3, -0.25) is 19.8 Å². The van der Waals surface area contributed by atoms with Gasteiger partial charge in [0.05, 0.1) is 12.2 Å². The highest BCUT2D eigenvalue weighted by atomic mass is 16.5. The molecular weight excluding hydrogens is 296 g/mol. The Morgan fingerprint density at radius 2 is 2.00 bits per heavy atom. The Labute approximate surface area is 137 Å². The van der Waals surface area contributed by atoms with Crippen molar-refractivity contribution in [1.82, 2.24) is 15.0 Å². The highest BCUT2D eigenvalue weighted by molar-refractivity contribution is 5.91. The van der Waals surface area contributed by atoms with Crippen molar-refractivity contribution in [1.29, 1.82) is 0 Å². The van der Waals surface area contributed by atoms with Crippen molar-refractivity contribution in [3.05, 3.63) is 11.8 Å². The molecule has 0 bridgehead atoms. The molecule has 0 radical (unpaired) electrons. The van der Waals surface area contributed by atoms with Gasteiger partial charge in [-0.1, -0.05) is 25.9 Å². The fourth-order valence-corrected chi connectivity index (χ4v) is 2.51. The van der Waals surface area contributed by atoms with Crippen molar-refractivity contribution >= 4 is 17.7 Å². The topological polar surface area (TPSA) is 78.7 Å². The van der Waals surface area contributed by atoms with Crippen LogP contribution in [0.15, 0.2) is 10.6 Å². The van der Waals surface area contributed by atoms with E-state index in [9.17, 15) is 9.59 Å². The standard InChI is InChI=1S/C16H26N4O3/c1-12(21)20-7-5-6-19(8-9-20)11-14(22)17-15-10-13(18-23-15)16(2,3)4/h10H,5-9,11H2,1-4H3,(H,17,22). The van der Waals surface area contributed by atoms with Crippen molar-refractivity contribution in [3.8, 4) is 0 Å². The lowest BCUT2D eigenvalue weighted by Gasteiger charge is -2.20. The first kappa shape index (κ1) is 17.5. The van der Waals surface area contributed by atoms with Crippen LogP contribution in [-0.2, 0) is 15.0 Å². The first-order chi connectivity index (χ1) is 10.8. The average molecular weight is 322 g/mol. The summed E-state index contributed by atoms with van der Waals surface area (Å²) in [5.74, 6) is 0.339. The van der Waals surface area contributed by atoms with E-state index in [0.29, 0.717) is 19.0 Å². The van der Waals surface area contributed by atoms with E-state index >= 15 is 0 Å². The van der Waals surface area contributed by atoms with E-state index in [2.05, 4.69) is 15.4 Å². The zero-order valence-electron chi connectivity index (χ0n) is 14.4. The number of nitrogens with one attached hydrogen (secondary N) is 1. The molecule has 1 fully saturated rings. The van der Waals surface area contributed by atoms with Gasteiger partial charge in [-0.15, -0.1) is 0 Å². The summed E-state index contributed by atoms with van der Waals surface area (Å²) >= 11 is 0. The molecule has 0 spiro atoms. The predicted octanol–water partition coefficient (Wildman–Crippen LogP) is 1.46. The molecule has 1 aromatic rings. The first-order valence-electron chi connectivity index (χ1n) is 8.00. The van der Waals surface area contributed by atoms with Crippen LogP contribution in [0.4, 0.5) is 5.88 Å². The number of carbonyl (C=O) groups is 2. The highest BCUT2D eigenvalue weighted by Gasteiger charge is 2.21. The fraction of sp³-hybridized carbons (Fsp3) is 0.688. The molecule has 7 heteroatoms. The van der Waals surface area contributed by atoms with E-state index in [1.54, 1.807) is 13.0 Å². The summed E-state index contributed by atoms with van der Waals surface area (Å²) in [7, 11) is 0. The summed E-state index contributed by atoms with van der Waals surface area (Å²) in [6, 6.07) is 1.76. The minimum atomic E-state index is -0.127. The summed E-state index contributed by atoms with van der Waals surface area (Å²) in [5, 5.41) is 6.73. The van der Waals surface area contributed by atoms with Crippen LogP contribution in [0.2, 0.25) is 0 Å². The Morgan fingerprint density at radius 3 is 2.61 bits per heavy atom. The van der Waals surface area contributed by atoms with Gasteiger partial charge in [-0.05, 0) is 6.42 Å². The summed E-state index contributed by atoms with van der Waals surface area (Å²) in [5.41, 5.74) is 0.688. The average Bonchev–Trinajstić information content (AvgIpc) is 2.77. The van der Waals surface area contributed by atoms with Crippen LogP contribution < -0.4 is 5.32 Å². The Hall–Kier alpha value is -1.89. The van der Waals surface area contributed by atoms with E-state index < -0.39 is 0 Å². The van der Waals surface area contributed by atoms with Gasteiger partial charge in [0, 0.05) is 44.6 Å². The van der Waals surface area contributed by atoms with Crippen molar-refractivity contribution in [2.75, 3.05) is 38.0 Å². The lowest BCUT2D eigenvalue weighted by atomic mass is 9.92. The summed E-state index contributed by atoms with van der Waals surface area (Å²) in [6.45, 7) is 10.9. The third kappa shape index (κ3) is 5.06. The lowest BCUT2D eigenvalue weighted by molar-refractivity contribution is -0.128. The SMILES string of the molecule is CC(=O)N1CCCN(CC(=O)Nc2cc(C(C)(C)C)no2)CC1. The van der Waals surface area contributed by atoms with Gasteiger partial charge in [-0.2, -0.15) is 0 Å². The van der Waals surface area contributed by atoms with Crippen LogP contribution in [0.1, 0.15) is 39.8 Å². The molecule has 0 atom stereocenters. The number of nitrogens with zero attached hydrogens (tertiary/aromatic N) is 3. The number of rotatable bonds is 3. The van der Waals surface area contributed by atoms with E-state index in [1.807, 2.05) is 25.7 Å². The maximum absolute atomic E-state index is 12.1. The fourth-order valence-electron chi connectivity index (χ4n) is 2.51. The Balaban J connectivity index is 1.85. The van der Waals surface area contributed by atoms with Gasteiger partial charge in [0.1, 0.15) is 0 Å². The highest BCUT2D eigenvalue weighted by Crippen LogP contribution is 2.23. The van der Waals surface area contributed by atoms with E-state index in [0.717, 1.165) is 25.2 Å². The minimum Gasteiger partial charge on any atom is -0.342 e. The minimum absolute atomic E-state index is 0.0904. The summed E-state index contributed by atoms with van der Waals surface area (Å²) in [4.78, 5) is 27.4. The lowest BCUT2D eigenvalue weighted by Crippen LogP contribution is -2.37. The van der Waals surface area contributed by atoms with Crippen LogP contribution in [0.5, 0.6) is 0 Å². The Bertz CT molecular complexity index is 562. The molecular formula is C16H26N4O3. The van der Waals surface area contributed by atoms with Crippen LogP contribution >= 0.6 is 0 Å². The van der Waals surface area contributed by atoms with Crippen LogP contribution in [-0.4, -0.2) is 59.5 Å². The van der Waals surface area contributed by atoms with Gasteiger partial charge in [-0.25, -0.2) is 0 Å². The van der Waals surface area contributed by atoms with Crippen molar-refractivity contribution in [3.63, 3.8) is 0 Å². The molecule has 128 valence electrons. The molecule has 1 aromatic heterocycles. The number of hydrogen-bond donors (Lipinski definition) is 1. The number of hydrogen-bond acceptors (Lipinski definition) is 5. The number of carbonyl (C=O) groups excluding carboxylic acids is 2. The second-order valence-electron chi connectivity index (χ2n) is 7.01. The molecule has 2 amide bonds. The predicted molar refractivity (Wildman–Crippen MR) is 87.1 cm³/mol. The van der Waals surface area contributed by atoms with E-state index in [4.69, 9.17) is 4.52 Å².